The van der Waals surface area contributed by atoms with Crippen LogP contribution in [-0.2, 0) is 19.2 Å². The zero-order valence-corrected chi connectivity index (χ0v) is 32.4. The van der Waals surface area contributed by atoms with Crippen molar-refractivity contribution in [3.05, 3.63) is 72.6 Å². The molecule has 4 saturated heterocycles. The molecular weight excluding hydrogens is 757 g/mol. The number of amides is 4. The van der Waals surface area contributed by atoms with E-state index in [0.29, 0.717) is 37.6 Å². The Morgan fingerprint density at radius 2 is 0.862 bits per heavy atom. The number of aromatic nitrogens is 4. The molecule has 4 atom stereocenters. The zero-order chi connectivity index (χ0) is 40.9. The van der Waals surface area contributed by atoms with Crippen LogP contribution in [0.1, 0.15) is 76.1 Å². The van der Waals surface area contributed by atoms with Crippen LogP contribution < -0.4 is 0 Å². The Hall–Kier alpha value is -5.54. The number of carbonyl (C=O) groups excluding carboxylic acids is 4. The van der Waals surface area contributed by atoms with Gasteiger partial charge in [0.2, 0.25) is 0 Å². The van der Waals surface area contributed by atoms with Crippen molar-refractivity contribution in [2.75, 3.05) is 39.3 Å². The molecule has 4 fully saturated rings. The fourth-order valence-corrected chi connectivity index (χ4v) is 8.73. The molecule has 4 aromatic rings. The van der Waals surface area contributed by atoms with E-state index in [4.69, 9.17) is 0 Å². The van der Waals surface area contributed by atoms with Crippen LogP contribution in [0.5, 0.6) is 0 Å². The predicted molar refractivity (Wildman–Crippen MR) is 205 cm³/mol. The molecule has 4 aliphatic heterocycles. The minimum absolute atomic E-state index is 0.0349. The number of imidazole rings is 2. The Labute approximate surface area is 333 Å². The Morgan fingerprint density at radius 3 is 1.21 bits per heavy atom. The third-order valence-corrected chi connectivity index (χ3v) is 12.3. The number of likely N-dealkylation sites (tertiary alicyclic amines) is 4. The number of carbonyl (C=O) groups is 4. The molecule has 8 rings (SSSR count). The normalized spacial score (nSPS) is 24.3. The summed E-state index contributed by atoms with van der Waals surface area (Å²) in [5.74, 6) is -7.31. The number of nitrogens with one attached hydrogen (secondary N) is 2. The highest BCUT2D eigenvalue weighted by atomic mass is 19.3. The van der Waals surface area contributed by atoms with Crippen molar-refractivity contribution in [1.82, 2.24) is 39.5 Å². The summed E-state index contributed by atoms with van der Waals surface area (Å²) in [5.41, 5.74) is 5.22. The first-order valence-electron chi connectivity index (χ1n) is 19.9. The highest BCUT2D eigenvalue weighted by Crippen LogP contribution is 2.39. The van der Waals surface area contributed by atoms with Gasteiger partial charge in [0.25, 0.3) is 11.8 Å². The van der Waals surface area contributed by atoms with Crippen LogP contribution in [0, 0.1) is 11.8 Å². The standard InChI is InChI=1S/C42H46F4N8O4/c1-25-11-17-53(39(57)37(55)51-19-13-41(43,44)14-20-51)33(25)35-47-23-31(49-35)29-7-3-27(4-8-29)28-5-9-30(10-6-28)32-24-48-36(50-32)34-26(2)12-18-54(34)40(58)38(56)52-21-15-42(45,46)16-22-52/h3-10,23-26,33-34H,11-22H2,1-2H3,(H,47,49)(H,48,50)/t25-,26-,33?,34?/m0/s1. The lowest BCUT2D eigenvalue weighted by Crippen LogP contribution is -2.49. The van der Waals surface area contributed by atoms with Crippen LogP contribution in [0.4, 0.5) is 17.6 Å². The monoisotopic (exact) mass is 802 g/mol. The molecule has 306 valence electrons. The fraction of sp³-hybridized carbons (Fsp3) is 0.476. The second-order valence-electron chi connectivity index (χ2n) is 16.2. The SMILES string of the molecule is C[C@H]1CCN(C(=O)C(=O)N2CCC(F)(F)CC2)C1c1ncc(-c2ccc(-c3ccc(-c4cnc(C5[C@@H](C)CCN5C(=O)C(=O)N5CCC(F)(F)CC5)[nH]4)cc3)cc2)[nH]1. The number of alkyl halides is 4. The van der Waals surface area contributed by atoms with Crippen LogP contribution in [0.2, 0.25) is 0 Å². The lowest BCUT2D eigenvalue weighted by molar-refractivity contribution is -0.156. The van der Waals surface area contributed by atoms with Gasteiger partial charge < -0.3 is 29.6 Å². The number of piperidine rings is 2. The molecule has 16 heteroatoms. The molecule has 6 heterocycles. The van der Waals surface area contributed by atoms with Crippen LogP contribution in [0.25, 0.3) is 33.6 Å². The second-order valence-corrected chi connectivity index (χ2v) is 16.2. The maximum absolute atomic E-state index is 13.7. The molecule has 0 bridgehead atoms. The lowest BCUT2D eigenvalue weighted by Gasteiger charge is -2.33. The molecule has 0 aliphatic carbocycles. The molecular formula is C42H46F4N8O4. The number of halogens is 4. The highest BCUT2D eigenvalue weighted by molar-refractivity contribution is 6.35. The van der Waals surface area contributed by atoms with E-state index < -0.39 is 73.2 Å². The Morgan fingerprint density at radius 1 is 0.534 bits per heavy atom. The first-order valence-corrected chi connectivity index (χ1v) is 19.9. The Balaban J connectivity index is 0.908. The van der Waals surface area contributed by atoms with Crippen molar-refractivity contribution >= 4 is 23.6 Å². The van der Waals surface area contributed by atoms with Crippen molar-refractivity contribution in [2.45, 2.75) is 76.3 Å². The van der Waals surface area contributed by atoms with Gasteiger partial charge in [0.15, 0.2) is 0 Å². The molecule has 4 amide bonds. The molecule has 0 radical (unpaired) electrons. The maximum Gasteiger partial charge on any atom is 0.312 e. The second kappa shape index (κ2) is 15.3. The van der Waals surface area contributed by atoms with E-state index in [0.717, 1.165) is 33.6 Å². The van der Waals surface area contributed by atoms with E-state index in [1.165, 1.54) is 19.6 Å². The van der Waals surface area contributed by atoms with Gasteiger partial charge in [0, 0.05) is 65.0 Å². The van der Waals surface area contributed by atoms with E-state index in [1.807, 2.05) is 62.4 Å². The summed E-state index contributed by atoms with van der Waals surface area (Å²) in [6.45, 7) is 4.17. The van der Waals surface area contributed by atoms with Crippen molar-refractivity contribution < 1.29 is 36.7 Å². The van der Waals surface area contributed by atoms with Gasteiger partial charge >= 0.3 is 23.6 Å². The summed E-state index contributed by atoms with van der Waals surface area (Å²) in [5, 5.41) is 0. The lowest BCUT2D eigenvalue weighted by atomic mass is 10.0. The minimum Gasteiger partial charge on any atom is -0.340 e. The van der Waals surface area contributed by atoms with Crippen LogP contribution >= 0.6 is 0 Å². The van der Waals surface area contributed by atoms with Crippen LogP contribution in [0.3, 0.4) is 0 Å². The van der Waals surface area contributed by atoms with Gasteiger partial charge in [-0.2, -0.15) is 0 Å². The summed E-state index contributed by atoms with van der Waals surface area (Å²) in [4.78, 5) is 74.1. The van der Waals surface area contributed by atoms with Crippen LogP contribution in [-0.4, -0.2) is 114 Å². The molecule has 0 saturated carbocycles. The van der Waals surface area contributed by atoms with E-state index in [-0.39, 0.29) is 38.0 Å². The molecule has 2 N–H and O–H groups in total. The first kappa shape index (κ1) is 39.3. The summed E-state index contributed by atoms with van der Waals surface area (Å²) in [6.07, 6.45) is 2.99. The maximum atomic E-state index is 13.7. The summed E-state index contributed by atoms with van der Waals surface area (Å²) < 4.78 is 54.7. The number of rotatable bonds is 5. The average Bonchev–Trinajstić information content (AvgIpc) is 4.04. The van der Waals surface area contributed by atoms with E-state index in [9.17, 15) is 36.7 Å². The number of hydrogen-bond donors (Lipinski definition) is 2. The molecule has 0 spiro atoms. The van der Waals surface area contributed by atoms with E-state index in [1.54, 1.807) is 12.4 Å². The number of benzene rings is 2. The minimum atomic E-state index is -2.82. The van der Waals surface area contributed by atoms with Crippen molar-refractivity contribution in [3.63, 3.8) is 0 Å². The van der Waals surface area contributed by atoms with E-state index >= 15 is 0 Å². The molecule has 4 aliphatic rings. The quantitative estimate of drug-likeness (QED) is 0.175. The van der Waals surface area contributed by atoms with Gasteiger partial charge in [-0.25, -0.2) is 27.5 Å². The number of hydrogen-bond acceptors (Lipinski definition) is 6. The topological polar surface area (TPSA) is 139 Å². The van der Waals surface area contributed by atoms with Crippen molar-refractivity contribution in [3.8, 4) is 33.6 Å². The largest absolute Gasteiger partial charge is 0.340 e. The van der Waals surface area contributed by atoms with Crippen LogP contribution in [0.15, 0.2) is 60.9 Å². The Kier molecular flexibility index (Phi) is 10.4. The van der Waals surface area contributed by atoms with Gasteiger partial charge in [-0.05, 0) is 46.9 Å². The van der Waals surface area contributed by atoms with Gasteiger partial charge in [0.1, 0.15) is 11.6 Å². The summed E-state index contributed by atoms with van der Waals surface area (Å²) in [6, 6.07) is 15.0. The average molecular weight is 803 g/mol. The van der Waals surface area contributed by atoms with Gasteiger partial charge in [-0.15, -0.1) is 0 Å². The van der Waals surface area contributed by atoms with Gasteiger partial charge in [0.05, 0.1) is 35.9 Å². The zero-order valence-electron chi connectivity index (χ0n) is 32.4. The third-order valence-electron chi connectivity index (χ3n) is 12.3. The van der Waals surface area contributed by atoms with Crippen molar-refractivity contribution in [2.24, 2.45) is 11.8 Å². The third kappa shape index (κ3) is 7.72. The summed E-state index contributed by atoms with van der Waals surface area (Å²) >= 11 is 0. The molecule has 58 heavy (non-hydrogen) atoms. The molecule has 2 unspecified atom stereocenters. The molecule has 2 aromatic heterocycles. The molecule has 12 nitrogen and oxygen atoms in total. The number of nitrogens with zero attached hydrogens (tertiary/aromatic N) is 6. The highest BCUT2D eigenvalue weighted by Gasteiger charge is 2.45. The Bertz CT molecular complexity index is 2010. The van der Waals surface area contributed by atoms with Crippen molar-refractivity contribution in [1.29, 1.82) is 0 Å². The van der Waals surface area contributed by atoms with Gasteiger partial charge in [-0.3, -0.25) is 19.2 Å². The van der Waals surface area contributed by atoms with Gasteiger partial charge in [-0.1, -0.05) is 62.4 Å². The smallest absolute Gasteiger partial charge is 0.312 e. The fourth-order valence-electron chi connectivity index (χ4n) is 8.73. The number of aromatic amines is 2. The number of H-pyrrole nitrogens is 2. The summed E-state index contributed by atoms with van der Waals surface area (Å²) in [7, 11) is 0. The van der Waals surface area contributed by atoms with E-state index in [2.05, 4.69) is 19.9 Å². The first-order chi connectivity index (χ1) is 27.7. The predicted octanol–water partition coefficient (Wildman–Crippen LogP) is 6.47. The molecule has 2 aromatic carbocycles.